The van der Waals surface area contributed by atoms with Crippen LogP contribution in [-0.4, -0.2) is 10.1 Å². The van der Waals surface area contributed by atoms with E-state index in [-0.39, 0.29) is 22.4 Å². The van der Waals surface area contributed by atoms with Crippen molar-refractivity contribution < 1.29 is 13.9 Å². The number of rotatable bonds is 2. The second kappa shape index (κ2) is 5.73. The molecule has 0 aliphatic rings. The molecule has 0 saturated heterocycles. The van der Waals surface area contributed by atoms with E-state index in [0.29, 0.717) is 16.0 Å². The van der Waals surface area contributed by atoms with Crippen LogP contribution < -0.4 is 11.1 Å². The van der Waals surface area contributed by atoms with Crippen molar-refractivity contribution in [3.63, 3.8) is 0 Å². The summed E-state index contributed by atoms with van der Waals surface area (Å²) in [6.45, 7) is 1.39. The molecule has 0 amide bonds. The number of hydrogen-bond acceptors (Lipinski definition) is 6. The minimum Gasteiger partial charge on any atom is -0.493 e. The zero-order chi connectivity index (χ0) is 16.6. The molecular formula is C16H10ClNO5. The molecule has 116 valence electrons. The Morgan fingerprint density at radius 1 is 1.26 bits per heavy atom. The molecule has 0 radical (unpaired) electrons. The van der Waals surface area contributed by atoms with Gasteiger partial charge >= 0.3 is 5.63 Å². The van der Waals surface area contributed by atoms with Gasteiger partial charge in [0.2, 0.25) is 11.8 Å². The van der Waals surface area contributed by atoms with E-state index in [1.165, 1.54) is 31.4 Å². The van der Waals surface area contributed by atoms with Gasteiger partial charge in [-0.05, 0) is 31.2 Å². The molecule has 0 unspecified atom stereocenters. The van der Waals surface area contributed by atoms with Crippen LogP contribution in [0.5, 0.6) is 5.88 Å². The first kappa shape index (κ1) is 15.1. The number of aromatic hydroxyl groups is 1. The molecule has 2 heterocycles. The first-order chi connectivity index (χ1) is 11.0. The number of fused-ring (bicyclic) bond motifs is 1. The van der Waals surface area contributed by atoms with Gasteiger partial charge in [-0.25, -0.2) is 4.79 Å². The fraction of sp³-hybridized carbons (Fsp3) is 0.0625. The van der Waals surface area contributed by atoms with E-state index >= 15 is 0 Å². The largest absolute Gasteiger partial charge is 0.493 e. The molecule has 23 heavy (non-hydrogen) atoms. The van der Waals surface area contributed by atoms with Crippen molar-refractivity contribution in [2.75, 3.05) is 0 Å². The van der Waals surface area contributed by atoms with Gasteiger partial charge in [0.15, 0.2) is 5.43 Å². The summed E-state index contributed by atoms with van der Waals surface area (Å²) in [7, 11) is 0. The third-order valence-corrected chi connectivity index (χ3v) is 3.46. The molecule has 3 rings (SSSR count). The molecule has 6 nitrogen and oxygen atoms in total. The van der Waals surface area contributed by atoms with E-state index in [2.05, 4.69) is 4.98 Å². The Labute approximate surface area is 134 Å². The fourth-order valence-electron chi connectivity index (χ4n) is 1.94. The van der Waals surface area contributed by atoms with Crippen LogP contribution in [0.15, 0.2) is 42.9 Å². The maximum absolute atomic E-state index is 12.4. The van der Waals surface area contributed by atoms with E-state index in [1.807, 2.05) is 0 Å². The third kappa shape index (κ3) is 2.89. The summed E-state index contributed by atoms with van der Waals surface area (Å²) in [5.41, 5.74) is -0.335. The Morgan fingerprint density at radius 3 is 2.78 bits per heavy atom. The van der Waals surface area contributed by atoms with Crippen molar-refractivity contribution in [2.24, 2.45) is 0 Å². The minimum atomic E-state index is -0.700. The molecular weight excluding hydrogens is 322 g/mol. The van der Waals surface area contributed by atoms with E-state index in [1.54, 1.807) is 12.1 Å². The Balaban J connectivity index is 2.06. The average Bonchev–Trinajstić information content (AvgIpc) is 2.52. The minimum absolute atomic E-state index is 0.0158. The molecule has 1 aromatic carbocycles. The first-order valence-corrected chi connectivity index (χ1v) is 6.93. The molecule has 2 aromatic heterocycles. The van der Waals surface area contributed by atoms with Crippen molar-refractivity contribution in [1.29, 1.82) is 0 Å². The normalized spacial score (nSPS) is 11.4. The van der Waals surface area contributed by atoms with Crippen molar-refractivity contribution in [3.05, 3.63) is 67.1 Å². The molecule has 0 aliphatic carbocycles. The lowest BCUT2D eigenvalue weighted by atomic mass is 10.1. The highest BCUT2D eigenvalue weighted by atomic mass is 35.5. The molecule has 0 fully saturated rings. The van der Waals surface area contributed by atoms with Gasteiger partial charge in [-0.2, -0.15) is 4.98 Å². The summed E-state index contributed by atoms with van der Waals surface area (Å²) in [6.07, 6.45) is 3.96. The van der Waals surface area contributed by atoms with Gasteiger partial charge in [-0.3, -0.25) is 4.79 Å². The van der Waals surface area contributed by atoms with Gasteiger partial charge in [0.05, 0.1) is 16.5 Å². The van der Waals surface area contributed by atoms with Crippen molar-refractivity contribution in [3.8, 4) is 5.88 Å². The second-order valence-electron chi connectivity index (χ2n) is 4.78. The molecule has 0 saturated carbocycles. The van der Waals surface area contributed by atoms with Crippen LogP contribution in [0, 0.1) is 6.92 Å². The Hall–Kier alpha value is -2.86. The number of benzene rings is 1. The summed E-state index contributed by atoms with van der Waals surface area (Å²) in [5, 5.41) is 10.3. The van der Waals surface area contributed by atoms with Crippen LogP contribution in [0.3, 0.4) is 0 Å². The lowest BCUT2D eigenvalue weighted by Gasteiger charge is -1.99. The molecule has 0 aliphatic heterocycles. The third-order valence-electron chi connectivity index (χ3n) is 3.22. The Morgan fingerprint density at radius 2 is 2.04 bits per heavy atom. The van der Waals surface area contributed by atoms with E-state index in [4.69, 9.17) is 20.4 Å². The van der Waals surface area contributed by atoms with Gasteiger partial charge in [0.25, 0.3) is 0 Å². The van der Waals surface area contributed by atoms with Crippen LogP contribution in [0.25, 0.3) is 23.1 Å². The molecule has 1 N–H and O–H groups in total. The van der Waals surface area contributed by atoms with Crippen molar-refractivity contribution in [2.45, 2.75) is 6.92 Å². The number of halogens is 1. The van der Waals surface area contributed by atoms with Crippen LogP contribution in [0.4, 0.5) is 0 Å². The summed E-state index contributed by atoms with van der Waals surface area (Å²) < 4.78 is 10.3. The van der Waals surface area contributed by atoms with Crippen LogP contribution in [0.1, 0.15) is 17.0 Å². The van der Waals surface area contributed by atoms with Gasteiger partial charge in [0.1, 0.15) is 11.8 Å². The summed E-state index contributed by atoms with van der Waals surface area (Å²) in [6, 6.07) is 4.73. The topological polar surface area (TPSA) is 93.5 Å². The smallest absolute Gasteiger partial charge is 0.345 e. The average molecular weight is 332 g/mol. The Bertz CT molecular complexity index is 1050. The lowest BCUT2D eigenvalue weighted by Crippen LogP contribution is -2.06. The van der Waals surface area contributed by atoms with E-state index in [0.717, 1.165) is 0 Å². The van der Waals surface area contributed by atoms with Gasteiger partial charge in [-0.1, -0.05) is 11.6 Å². The monoisotopic (exact) mass is 331 g/mol. The summed E-state index contributed by atoms with van der Waals surface area (Å²) in [5.74, 6) is -0.540. The van der Waals surface area contributed by atoms with Gasteiger partial charge < -0.3 is 13.9 Å². The van der Waals surface area contributed by atoms with Crippen LogP contribution in [-0.2, 0) is 0 Å². The number of aromatic nitrogens is 1. The van der Waals surface area contributed by atoms with E-state index < -0.39 is 11.5 Å². The molecule has 0 spiro atoms. The highest BCUT2D eigenvalue weighted by Crippen LogP contribution is 2.18. The van der Waals surface area contributed by atoms with Crippen molar-refractivity contribution >= 4 is 34.7 Å². The molecule has 3 aromatic rings. The lowest BCUT2D eigenvalue weighted by molar-refractivity contribution is 0.402. The predicted octanol–water partition coefficient (Wildman–Crippen LogP) is 2.98. The maximum atomic E-state index is 12.4. The summed E-state index contributed by atoms with van der Waals surface area (Å²) >= 11 is 5.88. The van der Waals surface area contributed by atoms with Gasteiger partial charge in [-0.15, -0.1) is 0 Å². The zero-order valence-electron chi connectivity index (χ0n) is 11.9. The van der Waals surface area contributed by atoms with Crippen LogP contribution >= 0.6 is 11.6 Å². The predicted molar refractivity (Wildman–Crippen MR) is 85.6 cm³/mol. The summed E-state index contributed by atoms with van der Waals surface area (Å²) in [4.78, 5) is 27.5. The highest BCUT2D eigenvalue weighted by Gasteiger charge is 2.08. The number of hydrogen-bond donors (Lipinski definition) is 1. The van der Waals surface area contributed by atoms with Crippen LogP contribution in [0.2, 0.25) is 5.02 Å². The Kier molecular flexibility index (Phi) is 3.75. The first-order valence-electron chi connectivity index (χ1n) is 6.55. The SMILES string of the molecule is Cc1c(O)nc(C=Cc2coc3ccc(Cl)cc3c2=O)oc1=O. The fourth-order valence-corrected chi connectivity index (χ4v) is 2.11. The van der Waals surface area contributed by atoms with Gasteiger partial charge in [0, 0.05) is 11.1 Å². The second-order valence-corrected chi connectivity index (χ2v) is 5.22. The number of nitrogens with zero attached hydrogens (tertiary/aromatic N) is 1. The highest BCUT2D eigenvalue weighted by molar-refractivity contribution is 6.31. The van der Waals surface area contributed by atoms with Crippen molar-refractivity contribution in [1.82, 2.24) is 4.98 Å². The molecule has 0 atom stereocenters. The molecule has 7 heteroatoms. The standard InChI is InChI=1S/C16H10ClNO5/c1-8-15(20)18-13(23-16(8)21)5-2-9-7-22-12-4-3-10(17)6-11(12)14(9)19/h2-7,20H,1H3. The molecule has 0 bridgehead atoms. The van der Waals surface area contributed by atoms with E-state index in [9.17, 15) is 14.7 Å². The quantitative estimate of drug-likeness (QED) is 0.776. The maximum Gasteiger partial charge on any atom is 0.345 e. The zero-order valence-corrected chi connectivity index (χ0v) is 12.6.